The third kappa shape index (κ3) is 6.80. The predicted molar refractivity (Wildman–Crippen MR) is 163 cm³/mol. The Hall–Kier alpha value is -4.85. The molecular weight excluding hydrogens is 609 g/mol. The van der Waals surface area contributed by atoms with Crippen LogP contribution in [0.2, 0.25) is 0 Å². The number of halogens is 3. The molecule has 0 radical (unpaired) electrons. The molecule has 10 nitrogen and oxygen atoms in total. The summed E-state index contributed by atoms with van der Waals surface area (Å²) in [6, 6.07) is 16.0. The lowest BCUT2D eigenvalue weighted by Crippen LogP contribution is -2.38. The number of ether oxygens (including phenoxy) is 2. The minimum absolute atomic E-state index is 0.125. The van der Waals surface area contributed by atoms with Gasteiger partial charge in [-0.3, -0.25) is 9.69 Å². The first-order valence-corrected chi connectivity index (χ1v) is 14.9. The quantitative estimate of drug-likeness (QED) is 0.283. The summed E-state index contributed by atoms with van der Waals surface area (Å²) in [7, 11) is 1.58. The van der Waals surface area contributed by atoms with E-state index in [4.69, 9.17) is 4.74 Å². The number of aliphatic imine (C=N–C) groups is 1. The van der Waals surface area contributed by atoms with Crippen LogP contribution in [0.5, 0.6) is 11.5 Å². The first-order chi connectivity index (χ1) is 21.6. The summed E-state index contributed by atoms with van der Waals surface area (Å²) in [5.74, 6) is 0.887. The molecule has 4 aromatic rings. The number of hydrogen-bond donors (Lipinski definition) is 1. The number of alkyl halides is 3. The maximum Gasteiger partial charge on any atom is 0.573 e. The number of amides is 3. The summed E-state index contributed by atoms with van der Waals surface area (Å²) in [6.45, 7) is 1.87. The van der Waals surface area contributed by atoms with Gasteiger partial charge in [0.15, 0.2) is 11.0 Å². The Morgan fingerprint density at radius 2 is 1.84 bits per heavy atom. The molecule has 1 aliphatic heterocycles. The number of urea groups is 1. The van der Waals surface area contributed by atoms with E-state index >= 15 is 0 Å². The minimum Gasteiger partial charge on any atom is -0.497 e. The molecule has 1 aromatic heterocycles. The monoisotopic (exact) mass is 636 g/mol. The lowest BCUT2D eigenvalue weighted by Gasteiger charge is -2.25. The molecule has 0 spiro atoms. The average Bonchev–Trinajstić information content (AvgIpc) is 3.63. The normalized spacial score (nSPS) is 17.4. The molecule has 3 amide bonds. The number of methoxy groups -OCH3 is 1. The highest BCUT2D eigenvalue weighted by Gasteiger charge is 2.32. The fourth-order valence-corrected chi connectivity index (χ4v) is 6.18. The number of anilines is 1. The first-order valence-electron chi connectivity index (χ1n) is 14.0. The van der Waals surface area contributed by atoms with Crippen molar-refractivity contribution in [1.82, 2.24) is 20.1 Å². The van der Waals surface area contributed by atoms with Gasteiger partial charge in [0.25, 0.3) is 0 Å². The molecular formula is C31H27F3N6O4S. The van der Waals surface area contributed by atoms with E-state index in [9.17, 15) is 22.8 Å². The van der Waals surface area contributed by atoms with Gasteiger partial charge in [0.2, 0.25) is 5.91 Å². The zero-order valence-corrected chi connectivity index (χ0v) is 25.0. The lowest BCUT2D eigenvalue weighted by atomic mass is 9.87. The van der Waals surface area contributed by atoms with Crippen molar-refractivity contribution >= 4 is 34.6 Å². The maximum absolute atomic E-state index is 12.9. The van der Waals surface area contributed by atoms with E-state index in [1.807, 2.05) is 31.2 Å². The summed E-state index contributed by atoms with van der Waals surface area (Å²) in [4.78, 5) is 35.7. The van der Waals surface area contributed by atoms with Gasteiger partial charge in [0.05, 0.1) is 24.2 Å². The molecule has 1 N–H and O–H groups in total. The van der Waals surface area contributed by atoms with Crippen LogP contribution in [-0.4, -0.2) is 57.1 Å². The highest BCUT2D eigenvalue weighted by molar-refractivity contribution is 8.15. The molecule has 2 heterocycles. The average molecular weight is 637 g/mol. The molecule has 1 saturated heterocycles. The van der Waals surface area contributed by atoms with E-state index in [-0.39, 0.29) is 23.5 Å². The molecule has 6 rings (SSSR count). The van der Waals surface area contributed by atoms with Gasteiger partial charge in [0.1, 0.15) is 17.8 Å². The van der Waals surface area contributed by atoms with Crippen molar-refractivity contribution in [3.63, 3.8) is 0 Å². The highest BCUT2D eigenvalue weighted by Crippen LogP contribution is 2.32. The Balaban J connectivity index is 1.10. The number of aryl methyl sites for hydroxylation is 2. The highest BCUT2D eigenvalue weighted by atomic mass is 32.2. The van der Waals surface area contributed by atoms with Crippen molar-refractivity contribution in [2.24, 2.45) is 4.99 Å². The van der Waals surface area contributed by atoms with E-state index in [1.165, 1.54) is 51.9 Å². The van der Waals surface area contributed by atoms with Crippen LogP contribution in [0.15, 0.2) is 72.0 Å². The van der Waals surface area contributed by atoms with Gasteiger partial charge in [-0.15, -0.1) is 18.3 Å². The van der Waals surface area contributed by atoms with Crippen LogP contribution in [0.25, 0.3) is 17.1 Å². The SMILES string of the molecule is COc1ccc(N2C(=O)CS/C2=N\C(=O)NC2CCc3cc(-c4ncn(-c5ccc(OC(F)(F)F)cc5)n4)ccc3C2)c(C)c1. The van der Waals surface area contributed by atoms with Gasteiger partial charge in [-0.05, 0) is 91.4 Å². The molecule has 1 unspecified atom stereocenters. The number of aromatic nitrogens is 3. The third-order valence-corrected chi connectivity index (χ3v) is 8.38. The summed E-state index contributed by atoms with van der Waals surface area (Å²) in [6.07, 6.45) is -1.22. The van der Waals surface area contributed by atoms with E-state index < -0.39 is 12.4 Å². The van der Waals surface area contributed by atoms with Crippen LogP contribution in [0.3, 0.4) is 0 Å². The molecule has 2 aliphatic rings. The van der Waals surface area contributed by atoms with Crippen molar-refractivity contribution in [2.75, 3.05) is 17.8 Å². The smallest absolute Gasteiger partial charge is 0.497 e. The Labute approximate surface area is 260 Å². The van der Waals surface area contributed by atoms with Crippen molar-refractivity contribution in [2.45, 2.75) is 38.6 Å². The molecule has 0 bridgehead atoms. The number of rotatable bonds is 6. The van der Waals surface area contributed by atoms with Crippen LogP contribution >= 0.6 is 11.8 Å². The molecule has 1 atom stereocenters. The number of carbonyl (C=O) groups excluding carboxylic acids is 2. The number of benzene rings is 3. The molecule has 0 saturated carbocycles. The van der Waals surface area contributed by atoms with Crippen LogP contribution in [0.4, 0.5) is 23.7 Å². The molecule has 3 aromatic carbocycles. The van der Waals surface area contributed by atoms with E-state index in [0.717, 1.165) is 28.7 Å². The van der Waals surface area contributed by atoms with E-state index in [0.29, 0.717) is 41.0 Å². The van der Waals surface area contributed by atoms with Gasteiger partial charge in [-0.1, -0.05) is 23.9 Å². The number of amidine groups is 1. The largest absolute Gasteiger partial charge is 0.573 e. The minimum atomic E-state index is -4.76. The van der Waals surface area contributed by atoms with Gasteiger partial charge < -0.3 is 14.8 Å². The number of fused-ring (bicyclic) bond motifs is 1. The van der Waals surface area contributed by atoms with E-state index in [2.05, 4.69) is 25.1 Å². The Morgan fingerprint density at radius 1 is 1.07 bits per heavy atom. The second kappa shape index (κ2) is 12.3. The molecule has 14 heteroatoms. The van der Waals surface area contributed by atoms with Crippen LogP contribution in [-0.2, 0) is 17.6 Å². The van der Waals surface area contributed by atoms with Crippen LogP contribution in [0, 0.1) is 6.92 Å². The van der Waals surface area contributed by atoms with E-state index in [1.54, 1.807) is 19.2 Å². The van der Waals surface area contributed by atoms with Crippen molar-refractivity contribution in [1.29, 1.82) is 0 Å². The lowest BCUT2D eigenvalue weighted by molar-refractivity contribution is -0.274. The fourth-order valence-electron chi connectivity index (χ4n) is 5.32. The Bertz CT molecular complexity index is 1790. The van der Waals surface area contributed by atoms with Crippen molar-refractivity contribution < 1.29 is 32.2 Å². The molecule has 232 valence electrons. The summed E-state index contributed by atoms with van der Waals surface area (Å²) >= 11 is 1.23. The second-order valence-electron chi connectivity index (χ2n) is 10.5. The van der Waals surface area contributed by atoms with Crippen molar-refractivity contribution in [3.05, 3.63) is 83.7 Å². The zero-order valence-electron chi connectivity index (χ0n) is 24.2. The summed E-state index contributed by atoms with van der Waals surface area (Å²) < 4.78 is 48.0. The number of thioether (sulfide) groups is 1. The molecule has 1 aliphatic carbocycles. The number of hydrogen-bond acceptors (Lipinski definition) is 7. The maximum atomic E-state index is 12.9. The molecule has 45 heavy (non-hydrogen) atoms. The fraction of sp³-hybridized carbons (Fsp3) is 0.258. The zero-order chi connectivity index (χ0) is 31.7. The third-order valence-electron chi connectivity index (χ3n) is 7.45. The summed E-state index contributed by atoms with van der Waals surface area (Å²) in [5, 5.41) is 7.82. The number of carbonyl (C=O) groups is 2. The van der Waals surface area contributed by atoms with Gasteiger partial charge in [-0.2, -0.15) is 4.99 Å². The predicted octanol–water partition coefficient (Wildman–Crippen LogP) is 5.85. The first kappa shape index (κ1) is 30.2. The van der Waals surface area contributed by atoms with Crippen LogP contribution < -0.4 is 19.7 Å². The van der Waals surface area contributed by atoms with Gasteiger partial charge >= 0.3 is 12.4 Å². The summed E-state index contributed by atoms with van der Waals surface area (Å²) in [5.41, 5.74) is 5.03. The molecule has 1 fully saturated rings. The Morgan fingerprint density at radius 3 is 2.58 bits per heavy atom. The van der Waals surface area contributed by atoms with Gasteiger partial charge in [-0.25, -0.2) is 14.5 Å². The number of nitrogens with one attached hydrogen (secondary N) is 1. The standard InChI is InChI=1S/C31H27F3N6O4S/c1-18-13-25(43-2)11-12-26(18)40-27(41)16-45-30(40)37-29(42)36-22-6-5-19-14-21(4-3-20(19)15-22)28-35-17-39(38-28)23-7-9-24(10-8-23)44-31(32,33)34/h3-4,7-14,17,22H,5-6,15-16H2,1-2H3,(H,36,42)/b37-30-. The second-order valence-corrected chi connectivity index (χ2v) is 11.4. The number of nitrogens with zero attached hydrogens (tertiary/aromatic N) is 5. The van der Waals surface area contributed by atoms with Crippen LogP contribution in [0.1, 0.15) is 23.1 Å². The van der Waals surface area contributed by atoms with Gasteiger partial charge in [0, 0.05) is 11.6 Å². The Kier molecular flexibility index (Phi) is 8.23. The van der Waals surface area contributed by atoms with Crippen molar-refractivity contribution in [3.8, 4) is 28.6 Å². The topological polar surface area (TPSA) is 111 Å².